The maximum atomic E-state index is 12.0. The van der Waals surface area contributed by atoms with Gasteiger partial charge in [0.15, 0.2) is 5.78 Å². The molecule has 0 aliphatic carbocycles. The lowest BCUT2D eigenvalue weighted by molar-refractivity contribution is -0.116. The minimum absolute atomic E-state index is 0.0273. The van der Waals surface area contributed by atoms with Crippen LogP contribution in [0.2, 0.25) is 0 Å². The van der Waals surface area contributed by atoms with Gasteiger partial charge in [-0.25, -0.2) is 0 Å². The molecule has 114 valence electrons. The molecule has 0 saturated heterocycles. The molecule has 2 aromatic rings. The van der Waals surface area contributed by atoms with E-state index >= 15 is 0 Å². The van der Waals surface area contributed by atoms with Crippen molar-refractivity contribution in [2.75, 3.05) is 11.6 Å². The van der Waals surface area contributed by atoms with E-state index in [1.165, 1.54) is 0 Å². The predicted molar refractivity (Wildman–Crippen MR) is 94.6 cm³/mol. The molecule has 0 spiro atoms. The first-order valence-electron chi connectivity index (χ1n) is 6.81. The molecule has 0 heterocycles. The van der Waals surface area contributed by atoms with E-state index in [0.717, 1.165) is 15.1 Å². The van der Waals surface area contributed by atoms with E-state index < -0.39 is 0 Å². The van der Waals surface area contributed by atoms with Gasteiger partial charge in [-0.3, -0.25) is 9.59 Å². The first kappa shape index (κ1) is 16.8. The van der Waals surface area contributed by atoms with Crippen LogP contribution in [0.1, 0.15) is 23.2 Å². The van der Waals surface area contributed by atoms with Crippen LogP contribution >= 0.6 is 27.7 Å². The van der Waals surface area contributed by atoms with E-state index in [1.54, 1.807) is 23.9 Å². The van der Waals surface area contributed by atoms with Gasteiger partial charge >= 0.3 is 0 Å². The van der Waals surface area contributed by atoms with Crippen LogP contribution in [-0.2, 0) is 4.79 Å². The lowest BCUT2D eigenvalue weighted by Gasteiger charge is -2.06. The number of ketones is 1. The summed E-state index contributed by atoms with van der Waals surface area (Å²) in [5, 5.41) is 2.82. The van der Waals surface area contributed by atoms with Gasteiger partial charge in [0.2, 0.25) is 5.91 Å². The number of hydrogen-bond acceptors (Lipinski definition) is 3. The highest BCUT2D eigenvalue weighted by atomic mass is 79.9. The van der Waals surface area contributed by atoms with Gasteiger partial charge in [0.05, 0.1) is 0 Å². The molecule has 0 aliphatic rings. The van der Waals surface area contributed by atoms with Crippen LogP contribution in [0, 0.1) is 0 Å². The summed E-state index contributed by atoms with van der Waals surface area (Å²) in [5.74, 6) is -0.177. The first-order chi connectivity index (χ1) is 10.6. The fourth-order valence-corrected chi connectivity index (χ4v) is 2.66. The van der Waals surface area contributed by atoms with Crippen molar-refractivity contribution in [3.8, 4) is 0 Å². The number of amides is 1. The Morgan fingerprint density at radius 2 is 1.82 bits per heavy atom. The summed E-state index contributed by atoms with van der Waals surface area (Å²) in [6.07, 6.45) is 2.37. The third kappa shape index (κ3) is 5.00. The summed E-state index contributed by atoms with van der Waals surface area (Å²) in [4.78, 5) is 25.0. The number of rotatable bonds is 6. The van der Waals surface area contributed by atoms with E-state index in [2.05, 4.69) is 21.2 Å². The third-order valence-corrected chi connectivity index (χ3v) is 4.35. The molecule has 2 rings (SSSR count). The van der Waals surface area contributed by atoms with Crippen molar-refractivity contribution in [2.45, 2.75) is 17.7 Å². The summed E-state index contributed by atoms with van der Waals surface area (Å²) in [7, 11) is 0. The van der Waals surface area contributed by atoms with E-state index in [4.69, 9.17) is 0 Å². The molecule has 2 aromatic carbocycles. The average Bonchev–Trinajstić information content (AvgIpc) is 2.53. The van der Waals surface area contributed by atoms with Gasteiger partial charge in [-0.05, 0) is 36.6 Å². The summed E-state index contributed by atoms with van der Waals surface area (Å²) in [6.45, 7) is 0. The second kappa shape index (κ2) is 8.15. The number of Topliss-reactive ketones (excluding diaryl/α,β-unsaturated/α-hetero) is 1. The zero-order valence-corrected chi connectivity index (χ0v) is 14.5. The Bertz CT molecular complexity index is 671. The molecule has 0 aromatic heterocycles. The molecule has 0 unspecified atom stereocenters. The number of carbonyl (C=O) groups is 2. The highest BCUT2D eigenvalue weighted by Crippen LogP contribution is 2.19. The molecule has 0 saturated carbocycles. The maximum absolute atomic E-state index is 12.0. The molecular formula is C17H16BrNO2S. The Morgan fingerprint density at radius 3 is 2.50 bits per heavy atom. The minimum atomic E-state index is -0.149. The minimum Gasteiger partial charge on any atom is -0.326 e. The summed E-state index contributed by atoms with van der Waals surface area (Å²) >= 11 is 4.95. The number of halogens is 1. The maximum Gasteiger partial charge on any atom is 0.224 e. The van der Waals surface area contributed by atoms with Crippen LogP contribution in [0.5, 0.6) is 0 Å². The number of thioether (sulfide) groups is 1. The van der Waals surface area contributed by atoms with Gasteiger partial charge in [-0.2, -0.15) is 0 Å². The Hall–Kier alpha value is -1.59. The molecule has 0 fully saturated rings. The summed E-state index contributed by atoms with van der Waals surface area (Å²) in [6, 6.07) is 14.8. The van der Waals surface area contributed by atoms with Crippen molar-refractivity contribution in [1.29, 1.82) is 0 Å². The molecule has 1 N–H and O–H groups in total. The van der Waals surface area contributed by atoms with E-state index in [-0.39, 0.29) is 24.5 Å². The fourth-order valence-electron chi connectivity index (χ4n) is 1.93. The van der Waals surface area contributed by atoms with Crippen LogP contribution < -0.4 is 5.32 Å². The second-order valence-corrected chi connectivity index (χ2v) is 6.51. The normalized spacial score (nSPS) is 10.3. The SMILES string of the molecule is CSc1cccc(NC(=O)CCC(=O)c2ccc(Br)cc2)c1. The van der Waals surface area contributed by atoms with Crippen molar-refractivity contribution < 1.29 is 9.59 Å². The van der Waals surface area contributed by atoms with Crippen molar-refractivity contribution in [2.24, 2.45) is 0 Å². The second-order valence-electron chi connectivity index (χ2n) is 4.71. The van der Waals surface area contributed by atoms with Gasteiger partial charge in [-0.15, -0.1) is 11.8 Å². The lowest BCUT2D eigenvalue weighted by Crippen LogP contribution is -2.13. The summed E-state index contributed by atoms with van der Waals surface area (Å²) in [5.41, 5.74) is 1.38. The van der Waals surface area contributed by atoms with Gasteiger partial charge in [0.25, 0.3) is 0 Å². The summed E-state index contributed by atoms with van der Waals surface area (Å²) < 4.78 is 0.926. The lowest BCUT2D eigenvalue weighted by atomic mass is 10.1. The molecule has 0 atom stereocenters. The highest BCUT2D eigenvalue weighted by Gasteiger charge is 2.09. The van der Waals surface area contributed by atoms with Crippen molar-refractivity contribution in [1.82, 2.24) is 0 Å². The van der Waals surface area contributed by atoms with Crippen LogP contribution in [0.3, 0.4) is 0 Å². The highest BCUT2D eigenvalue weighted by molar-refractivity contribution is 9.10. The monoisotopic (exact) mass is 377 g/mol. The van der Waals surface area contributed by atoms with E-state index in [9.17, 15) is 9.59 Å². The molecule has 0 aliphatic heterocycles. The van der Waals surface area contributed by atoms with Crippen molar-refractivity contribution >= 4 is 45.1 Å². The molecule has 5 heteroatoms. The molecule has 1 amide bonds. The Balaban J connectivity index is 1.87. The van der Waals surface area contributed by atoms with Crippen molar-refractivity contribution in [3.05, 3.63) is 58.6 Å². The fraction of sp³-hybridized carbons (Fsp3) is 0.176. The number of nitrogens with one attached hydrogen (secondary N) is 1. The number of carbonyl (C=O) groups excluding carboxylic acids is 2. The van der Waals surface area contributed by atoms with Gasteiger partial charge in [0.1, 0.15) is 0 Å². The average molecular weight is 378 g/mol. The van der Waals surface area contributed by atoms with E-state index in [0.29, 0.717) is 5.56 Å². The molecule has 0 radical (unpaired) electrons. The molecular weight excluding hydrogens is 362 g/mol. The zero-order chi connectivity index (χ0) is 15.9. The number of anilines is 1. The smallest absolute Gasteiger partial charge is 0.224 e. The van der Waals surface area contributed by atoms with Crippen LogP contribution in [-0.4, -0.2) is 17.9 Å². The van der Waals surface area contributed by atoms with Crippen molar-refractivity contribution in [3.63, 3.8) is 0 Å². The van der Waals surface area contributed by atoms with Crippen LogP contribution in [0.4, 0.5) is 5.69 Å². The first-order valence-corrected chi connectivity index (χ1v) is 8.83. The van der Waals surface area contributed by atoms with E-state index in [1.807, 2.05) is 42.7 Å². The predicted octanol–water partition coefficient (Wildman–Crippen LogP) is 4.77. The Morgan fingerprint density at radius 1 is 1.09 bits per heavy atom. The Labute approximate surface area is 142 Å². The number of benzene rings is 2. The van der Waals surface area contributed by atoms with Crippen LogP contribution in [0.25, 0.3) is 0 Å². The van der Waals surface area contributed by atoms with Gasteiger partial charge in [0, 0.05) is 33.5 Å². The standard InChI is InChI=1S/C17H16BrNO2S/c1-22-15-4-2-3-14(11-15)19-17(21)10-9-16(20)12-5-7-13(18)8-6-12/h2-8,11H,9-10H2,1H3,(H,19,21). The molecule has 0 bridgehead atoms. The van der Waals surface area contributed by atoms with Gasteiger partial charge < -0.3 is 5.32 Å². The van der Waals surface area contributed by atoms with Gasteiger partial charge in [-0.1, -0.05) is 34.1 Å². The largest absolute Gasteiger partial charge is 0.326 e. The Kier molecular flexibility index (Phi) is 6.21. The zero-order valence-electron chi connectivity index (χ0n) is 12.1. The quantitative estimate of drug-likeness (QED) is 0.582. The topological polar surface area (TPSA) is 46.2 Å². The third-order valence-electron chi connectivity index (χ3n) is 3.10. The van der Waals surface area contributed by atoms with Crippen LogP contribution in [0.15, 0.2) is 57.9 Å². The molecule has 22 heavy (non-hydrogen) atoms. The molecule has 3 nitrogen and oxygen atoms in total. The number of hydrogen-bond donors (Lipinski definition) is 1.